The van der Waals surface area contributed by atoms with E-state index in [-0.39, 0.29) is 0 Å². The number of hydrogen-bond acceptors (Lipinski definition) is 4. The molecule has 0 aliphatic heterocycles. The van der Waals surface area contributed by atoms with E-state index < -0.39 is 37.4 Å². The van der Waals surface area contributed by atoms with E-state index in [1.54, 1.807) is 0 Å². The molecule has 0 amide bonds. The first-order valence-electron chi connectivity index (χ1n) is 3.44. The molecule has 2 N–H and O–H groups in total. The molecule has 0 fully saturated rings. The van der Waals surface area contributed by atoms with Gasteiger partial charge in [-0.25, -0.2) is 4.79 Å². The summed E-state index contributed by atoms with van der Waals surface area (Å²) in [5.41, 5.74) is -0.779. The average Bonchev–Trinajstić information content (AvgIpc) is 2.06. The van der Waals surface area contributed by atoms with Gasteiger partial charge in [-0.2, -0.15) is 8.42 Å². The van der Waals surface area contributed by atoms with Crippen LogP contribution in [0.5, 0.6) is 5.75 Å². The number of carbonyl (C=O) groups is 1. The van der Waals surface area contributed by atoms with Crippen molar-refractivity contribution in [3.8, 4) is 5.75 Å². The highest BCUT2D eigenvalue weighted by molar-refractivity contribution is 7.86. The van der Waals surface area contributed by atoms with Crippen molar-refractivity contribution in [2.75, 3.05) is 0 Å². The molecule has 0 aliphatic rings. The van der Waals surface area contributed by atoms with Crippen LogP contribution in [0.4, 0.5) is 3.89 Å². The molecule has 0 saturated heterocycles. The van der Waals surface area contributed by atoms with Crippen molar-refractivity contribution in [3.63, 3.8) is 0 Å². The Balaban J connectivity index is 3.57. The molecular formula is C7H4ClFO5S. The number of aromatic hydroxyl groups is 1. The topological polar surface area (TPSA) is 91.7 Å². The first kappa shape index (κ1) is 11.7. The van der Waals surface area contributed by atoms with E-state index in [0.29, 0.717) is 12.1 Å². The van der Waals surface area contributed by atoms with Gasteiger partial charge in [-0.3, -0.25) is 0 Å². The summed E-state index contributed by atoms with van der Waals surface area (Å²) in [7, 11) is -5.06. The zero-order chi connectivity index (χ0) is 11.8. The smallest absolute Gasteiger partial charge is 0.339 e. The first-order chi connectivity index (χ1) is 6.73. The van der Waals surface area contributed by atoms with Crippen molar-refractivity contribution in [3.05, 3.63) is 22.7 Å². The molecule has 1 rings (SSSR count). The van der Waals surface area contributed by atoms with Crippen LogP contribution in [0.25, 0.3) is 0 Å². The fourth-order valence-electron chi connectivity index (χ4n) is 0.878. The van der Waals surface area contributed by atoms with E-state index in [0.717, 1.165) is 0 Å². The average molecular weight is 255 g/mol. The van der Waals surface area contributed by atoms with Crippen LogP contribution < -0.4 is 0 Å². The number of carboxylic acid groups (broad SMARTS) is 1. The second-order valence-corrected chi connectivity index (χ2v) is 4.30. The largest absolute Gasteiger partial charge is 0.505 e. The minimum atomic E-state index is -5.06. The third-order valence-corrected chi connectivity index (χ3v) is 2.64. The summed E-state index contributed by atoms with van der Waals surface area (Å²) < 4.78 is 33.5. The van der Waals surface area contributed by atoms with Crippen LogP contribution in [0.2, 0.25) is 5.02 Å². The maximum atomic E-state index is 12.5. The van der Waals surface area contributed by atoms with Crippen LogP contribution in [0.3, 0.4) is 0 Å². The van der Waals surface area contributed by atoms with Crippen LogP contribution in [0.1, 0.15) is 10.4 Å². The van der Waals surface area contributed by atoms with Crippen molar-refractivity contribution in [1.29, 1.82) is 0 Å². The Morgan fingerprint density at radius 3 is 2.33 bits per heavy atom. The van der Waals surface area contributed by atoms with Gasteiger partial charge in [0.15, 0.2) is 0 Å². The van der Waals surface area contributed by atoms with Crippen molar-refractivity contribution in [2.45, 2.75) is 4.90 Å². The van der Waals surface area contributed by atoms with E-state index >= 15 is 0 Å². The van der Waals surface area contributed by atoms with Gasteiger partial charge in [0.05, 0.1) is 5.02 Å². The molecule has 0 aliphatic carbocycles. The standard InChI is InChI=1S/C7H4ClFO5S/c8-5-2-3(15(9,13)14)1-4(6(5)10)7(11)12/h1-2,10H,(H,11,12). The zero-order valence-electron chi connectivity index (χ0n) is 6.94. The molecule has 0 radical (unpaired) electrons. The predicted octanol–water partition coefficient (Wildman–Crippen LogP) is 1.40. The summed E-state index contributed by atoms with van der Waals surface area (Å²) in [6, 6.07) is 1.11. The number of hydrogen-bond donors (Lipinski definition) is 2. The van der Waals surface area contributed by atoms with E-state index in [1.807, 2.05) is 0 Å². The number of phenols is 1. The van der Waals surface area contributed by atoms with Crippen molar-refractivity contribution >= 4 is 27.8 Å². The molecule has 0 aromatic heterocycles. The second kappa shape index (κ2) is 3.67. The van der Waals surface area contributed by atoms with Crippen molar-refractivity contribution in [1.82, 2.24) is 0 Å². The third-order valence-electron chi connectivity index (χ3n) is 1.55. The van der Waals surface area contributed by atoms with Gasteiger partial charge in [-0.1, -0.05) is 11.6 Å². The Hall–Kier alpha value is -1.34. The van der Waals surface area contributed by atoms with Gasteiger partial charge in [-0.15, -0.1) is 3.89 Å². The fraction of sp³-hybridized carbons (Fsp3) is 0. The van der Waals surface area contributed by atoms with Gasteiger partial charge in [0.25, 0.3) is 0 Å². The molecule has 8 heteroatoms. The summed E-state index contributed by atoms with van der Waals surface area (Å²) in [5, 5.41) is 17.1. The van der Waals surface area contributed by atoms with Crippen LogP contribution in [-0.2, 0) is 10.2 Å². The molecule has 0 atom stereocenters. The highest BCUT2D eigenvalue weighted by Crippen LogP contribution is 2.31. The molecule has 0 heterocycles. The van der Waals surface area contributed by atoms with Gasteiger partial charge < -0.3 is 10.2 Å². The molecule has 0 unspecified atom stereocenters. The van der Waals surface area contributed by atoms with Crippen LogP contribution in [0.15, 0.2) is 17.0 Å². The first-order valence-corrected chi connectivity index (χ1v) is 5.20. The maximum absolute atomic E-state index is 12.5. The van der Waals surface area contributed by atoms with Crippen molar-refractivity contribution < 1.29 is 27.3 Å². The summed E-state index contributed by atoms with van der Waals surface area (Å²) in [5.74, 6) is -2.42. The normalized spacial score (nSPS) is 11.3. The number of rotatable bonds is 2. The van der Waals surface area contributed by atoms with Gasteiger partial charge in [-0.05, 0) is 12.1 Å². The third kappa shape index (κ3) is 2.37. The predicted molar refractivity (Wildman–Crippen MR) is 48.4 cm³/mol. The number of carboxylic acids is 1. The maximum Gasteiger partial charge on any atom is 0.339 e. The summed E-state index contributed by atoms with van der Waals surface area (Å²) in [6.07, 6.45) is 0. The van der Waals surface area contributed by atoms with Crippen LogP contribution >= 0.6 is 11.6 Å². The highest BCUT2D eigenvalue weighted by atomic mass is 35.5. The lowest BCUT2D eigenvalue weighted by molar-refractivity contribution is 0.0693. The quantitative estimate of drug-likeness (QED) is 0.779. The van der Waals surface area contributed by atoms with E-state index in [2.05, 4.69) is 0 Å². The Kier molecular flexibility index (Phi) is 2.87. The molecule has 15 heavy (non-hydrogen) atoms. The number of benzene rings is 1. The Morgan fingerprint density at radius 2 is 1.93 bits per heavy atom. The van der Waals surface area contributed by atoms with E-state index in [1.165, 1.54) is 0 Å². The van der Waals surface area contributed by atoms with E-state index in [9.17, 15) is 17.1 Å². The van der Waals surface area contributed by atoms with Gasteiger partial charge in [0.2, 0.25) is 0 Å². The fourth-order valence-corrected chi connectivity index (χ4v) is 1.68. The highest BCUT2D eigenvalue weighted by Gasteiger charge is 2.20. The Morgan fingerprint density at radius 1 is 1.40 bits per heavy atom. The monoisotopic (exact) mass is 254 g/mol. The summed E-state index contributed by atoms with van der Waals surface area (Å²) in [6.45, 7) is 0. The van der Waals surface area contributed by atoms with Crippen LogP contribution in [0, 0.1) is 0 Å². The Bertz CT molecular complexity index is 524. The van der Waals surface area contributed by atoms with Crippen LogP contribution in [-0.4, -0.2) is 24.6 Å². The lowest BCUT2D eigenvalue weighted by atomic mass is 10.2. The minimum absolute atomic E-state index is 0.485. The summed E-state index contributed by atoms with van der Waals surface area (Å²) in [4.78, 5) is 9.60. The molecule has 0 spiro atoms. The molecule has 0 saturated carbocycles. The number of halogens is 2. The minimum Gasteiger partial charge on any atom is -0.505 e. The van der Waals surface area contributed by atoms with Gasteiger partial charge >= 0.3 is 16.2 Å². The van der Waals surface area contributed by atoms with Crippen molar-refractivity contribution in [2.24, 2.45) is 0 Å². The second-order valence-electron chi connectivity index (χ2n) is 2.54. The van der Waals surface area contributed by atoms with Gasteiger partial charge in [0.1, 0.15) is 16.2 Å². The molecule has 5 nitrogen and oxygen atoms in total. The number of aromatic carboxylic acids is 1. The molecule has 1 aromatic rings. The van der Waals surface area contributed by atoms with Gasteiger partial charge in [0, 0.05) is 0 Å². The lowest BCUT2D eigenvalue weighted by Gasteiger charge is -2.03. The lowest BCUT2D eigenvalue weighted by Crippen LogP contribution is -2.01. The zero-order valence-corrected chi connectivity index (χ0v) is 8.51. The molecule has 82 valence electrons. The van der Waals surface area contributed by atoms with E-state index in [4.69, 9.17) is 21.8 Å². The Labute approximate surface area is 88.9 Å². The molecule has 1 aromatic carbocycles. The molecular weight excluding hydrogens is 251 g/mol. The SMILES string of the molecule is O=C(O)c1cc(S(=O)(=O)F)cc(Cl)c1O. The summed E-state index contributed by atoms with van der Waals surface area (Å²) >= 11 is 5.32. The molecule has 0 bridgehead atoms.